The topological polar surface area (TPSA) is 202 Å². The van der Waals surface area contributed by atoms with Gasteiger partial charge in [0, 0.05) is 38.6 Å². The number of hydrogen-bond acceptors (Lipinski definition) is 12. The Kier molecular flexibility index (Phi) is 15.3. The van der Waals surface area contributed by atoms with Crippen LogP contribution >= 0.6 is 0 Å². The van der Waals surface area contributed by atoms with Crippen LogP contribution in [0.5, 0.6) is 5.75 Å². The van der Waals surface area contributed by atoms with Crippen LogP contribution in [0.4, 0.5) is 4.79 Å². The normalized spacial score (nSPS) is 13.1. The molecule has 6 rings (SSSR count). The molecule has 0 saturated heterocycles. The van der Waals surface area contributed by atoms with Crippen molar-refractivity contribution in [1.29, 1.82) is 0 Å². The fraction of sp³-hybridized carbons (Fsp3) is 0.370. The molecule has 4 aromatic carbocycles. The van der Waals surface area contributed by atoms with Gasteiger partial charge in [-0.15, -0.1) is 10.2 Å². The Morgan fingerprint density at radius 3 is 1.98 bits per heavy atom. The van der Waals surface area contributed by atoms with Crippen LogP contribution in [0.3, 0.4) is 0 Å². The van der Waals surface area contributed by atoms with E-state index in [-0.39, 0.29) is 54.8 Å². The number of aromatic nitrogens is 6. The molecule has 2 N–H and O–H groups in total. The molecule has 2 aromatic heterocycles. The lowest BCUT2D eigenvalue weighted by Crippen LogP contribution is -2.51. The number of nitrogens with one attached hydrogen (secondary N) is 2. The van der Waals surface area contributed by atoms with Gasteiger partial charge in [0.25, 0.3) is 0 Å². The van der Waals surface area contributed by atoms with Crippen molar-refractivity contribution in [3.8, 4) is 22.8 Å². The van der Waals surface area contributed by atoms with Crippen molar-refractivity contribution >= 4 is 34.5 Å². The van der Waals surface area contributed by atoms with E-state index in [4.69, 9.17) is 13.9 Å². The Hall–Kier alpha value is -5.77. The minimum absolute atomic E-state index is 0.108. The van der Waals surface area contributed by atoms with E-state index in [0.717, 1.165) is 5.56 Å². The largest absolute Gasteiger partial charge is 0.497 e. The lowest BCUT2D eigenvalue weighted by molar-refractivity contribution is 0.0498. The lowest BCUT2D eigenvalue weighted by atomic mass is 10.1. The van der Waals surface area contributed by atoms with Gasteiger partial charge in [0.05, 0.1) is 37.3 Å². The molecule has 0 aliphatic carbocycles. The highest BCUT2D eigenvalue weighted by atomic mass is 32.2. The SMILES string of the molecule is COc1ccc(Cn2nnc(-c3c(-n4ccnc4)ccc(S(=O)(=O)NC[C@@H](CNC(=O)OC(C)(C)C)O[Si](C)(C)C(C)(C)C)c3S(=O)(=O)N(Cc3ccccc3)Cc3ccccc3)n2)cc1. The minimum Gasteiger partial charge on any atom is -0.497 e. The van der Waals surface area contributed by atoms with Crippen LogP contribution in [-0.4, -0.2) is 97.2 Å². The summed E-state index contributed by atoms with van der Waals surface area (Å²) in [6.45, 7) is 14.8. The third-order valence-electron chi connectivity index (χ3n) is 11.0. The van der Waals surface area contributed by atoms with Crippen molar-refractivity contribution in [2.45, 2.75) is 101 Å². The predicted octanol–water partition coefficient (Wildman–Crippen LogP) is 7.17. The van der Waals surface area contributed by atoms with Gasteiger partial charge in [0.15, 0.2) is 8.32 Å². The Bertz CT molecular complexity index is 2740. The zero-order valence-electron chi connectivity index (χ0n) is 38.8. The standard InChI is InChI=1S/C46H59N9O8S2Si/c1-45(2,3)62-44(56)48-28-38(63-66(8,9)46(4,5)6)29-49-64(57,58)40-25-24-39(53-27-26-47-33-53)41(43-50-52-55(51-43)32-36-20-22-37(61-7)23-21-36)42(40)65(59,60)54(30-34-16-12-10-13-17-34)31-35-18-14-11-15-19-35/h10-27,33,38,49H,28-32H2,1-9H3,(H,48,56)/t38-/m1/s1. The third kappa shape index (κ3) is 12.6. The number of rotatable bonds is 19. The zero-order chi connectivity index (χ0) is 47.9. The number of carbonyl (C=O) groups excluding carboxylic acids is 1. The summed E-state index contributed by atoms with van der Waals surface area (Å²) < 4.78 is 84.7. The van der Waals surface area contributed by atoms with Crippen LogP contribution in [0.25, 0.3) is 17.1 Å². The number of sulfonamides is 2. The molecular formula is C46H59N9O8S2Si. The fourth-order valence-corrected chi connectivity index (χ4v) is 11.5. The molecule has 20 heteroatoms. The first kappa shape index (κ1) is 49.7. The van der Waals surface area contributed by atoms with E-state index in [1.807, 2.05) is 58.1 Å². The second-order valence-corrected chi connectivity index (χ2v) is 26.6. The van der Waals surface area contributed by atoms with Crippen LogP contribution < -0.4 is 14.8 Å². The van der Waals surface area contributed by atoms with Gasteiger partial charge in [0.2, 0.25) is 25.9 Å². The number of nitrogens with zero attached hydrogens (tertiary/aromatic N) is 7. The molecule has 17 nitrogen and oxygen atoms in total. The fourth-order valence-electron chi connectivity index (χ4n) is 6.63. The second-order valence-electron chi connectivity index (χ2n) is 18.2. The zero-order valence-corrected chi connectivity index (χ0v) is 41.4. The Labute approximate surface area is 388 Å². The van der Waals surface area contributed by atoms with Gasteiger partial charge < -0.3 is 23.8 Å². The maximum atomic E-state index is 15.8. The Balaban J connectivity index is 1.53. The van der Waals surface area contributed by atoms with Gasteiger partial charge in [0.1, 0.15) is 21.1 Å². The van der Waals surface area contributed by atoms with Gasteiger partial charge >= 0.3 is 6.09 Å². The molecule has 0 unspecified atom stereocenters. The van der Waals surface area contributed by atoms with Crippen LogP contribution in [0.2, 0.25) is 18.1 Å². The molecule has 0 aliphatic rings. The highest BCUT2D eigenvalue weighted by Gasteiger charge is 2.41. The number of benzene rings is 4. The summed E-state index contributed by atoms with van der Waals surface area (Å²) in [5, 5.41) is 15.8. The molecular weight excluding hydrogens is 899 g/mol. The van der Waals surface area contributed by atoms with Crippen molar-refractivity contribution in [2.24, 2.45) is 0 Å². The van der Waals surface area contributed by atoms with Gasteiger partial charge in [-0.1, -0.05) is 93.6 Å². The molecule has 0 radical (unpaired) electrons. The minimum atomic E-state index is -4.83. The monoisotopic (exact) mass is 957 g/mol. The molecule has 2 heterocycles. The summed E-state index contributed by atoms with van der Waals surface area (Å²) >= 11 is 0. The van der Waals surface area contributed by atoms with Crippen molar-refractivity contribution in [1.82, 2.24) is 44.1 Å². The lowest BCUT2D eigenvalue weighted by Gasteiger charge is -2.39. The number of amides is 1. The molecule has 66 heavy (non-hydrogen) atoms. The Morgan fingerprint density at radius 1 is 0.818 bits per heavy atom. The predicted molar refractivity (Wildman–Crippen MR) is 253 cm³/mol. The van der Waals surface area contributed by atoms with Crippen LogP contribution in [0, 0.1) is 0 Å². The number of carbonyl (C=O) groups is 1. The summed E-state index contributed by atoms with van der Waals surface area (Å²) in [7, 11) is -10.6. The number of alkyl carbamates (subject to hydrolysis) is 1. The summed E-state index contributed by atoms with van der Waals surface area (Å²) in [4.78, 5) is 17.2. The molecule has 0 fully saturated rings. The smallest absolute Gasteiger partial charge is 0.407 e. The van der Waals surface area contributed by atoms with Crippen LogP contribution in [-0.2, 0) is 48.8 Å². The number of hydrogen-bond donors (Lipinski definition) is 2. The quantitative estimate of drug-likeness (QED) is 0.0777. The van der Waals surface area contributed by atoms with Gasteiger partial charge in [-0.05, 0) is 85.1 Å². The Morgan fingerprint density at radius 2 is 1.44 bits per heavy atom. The van der Waals surface area contributed by atoms with E-state index < -0.39 is 56.0 Å². The molecule has 0 bridgehead atoms. The highest BCUT2D eigenvalue weighted by Crippen LogP contribution is 2.40. The van der Waals surface area contributed by atoms with E-state index in [9.17, 15) is 4.79 Å². The number of imidazole rings is 1. The summed E-state index contributed by atoms with van der Waals surface area (Å²) in [6.07, 6.45) is 3.01. The highest BCUT2D eigenvalue weighted by molar-refractivity contribution is 7.92. The molecule has 0 saturated carbocycles. The molecule has 0 aliphatic heterocycles. The van der Waals surface area contributed by atoms with Crippen LogP contribution in [0.1, 0.15) is 58.2 Å². The van der Waals surface area contributed by atoms with Crippen molar-refractivity contribution < 1.29 is 35.5 Å². The molecule has 1 atom stereocenters. The summed E-state index contributed by atoms with van der Waals surface area (Å²) in [5.41, 5.74) is 1.46. The first-order chi connectivity index (χ1) is 31.1. The van der Waals surface area contributed by atoms with Crippen molar-refractivity contribution in [3.63, 3.8) is 0 Å². The maximum absolute atomic E-state index is 15.8. The van der Waals surface area contributed by atoms with E-state index in [1.54, 1.807) is 99.3 Å². The van der Waals surface area contributed by atoms with E-state index in [0.29, 0.717) is 16.9 Å². The first-order valence-corrected chi connectivity index (χ1v) is 27.2. The number of tetrazole rings is 1. The van der Waals surface area contributed by atoms with Gasteiger partial charge in [-0.3, -0.25) is 0 Å². The third-order valence-corrected chi connectivity index (χ3v) is 19.0. The van der Waals surface area contributed by atoms with E-state index >= 15 is 16.8 Å². The van der Waals surface area contributed by atoms with Crippen molar-refractivity contribution in [3.05, 3.63) is 132 Å². The summed E-state index contributed by atoms with van der Waals surface area (Å²) in [6, 6.07) is 28.1. The number of ether oxygens (including phenoxy) is 2. The van der Waals surface area contributed by atoms with Crippen LogP contribution in [0.15, 0.2) is 126 Å². The summed E-state index contributed by atoms with van der Waals surface area (Å²) in [5.74, 6) is 0.507. The second kappa shape index (κ2) is 20.4. The van der Waals surface area contributed by atoms with Crippen molar-refractivity contribution in [2.75, 3.05) is 20.2 Å². The molecule has 352 valence electrons. The average Bonchev–Trinajstić information content (AvgIpc) is 3.97. The molecule has 6 aromatic rings. The first-order valence-electron chi connectivity index (χ1n) is 21.3. The van der Waals surface area contributed by atoms with Gasteiger partial charge in [-0.25, -0.2) is 31.3 Å². The maximum Gasteiger partial charge on any atom is 0.407 e. The number of methoxy groups -OCH3 is 1. The van der Waals surface area contributed by atoms with Gasteiger partial charge in [-0.2, -0.15) is 9.10 Å². The molecule has 1 amide bonds. The van der Waals surface area contributed by atoms with E-state index in [1.165, 1.54) is 33.8 Å². The van der Waals surface area contributed by atoms with E-state index in [2.05, 4.69) is 30.4 Å². The molecule has 0 spiro atoms. The average molecular weight is 958 g/mol.